The molecule has 2 amide bonds. The van der Waals surface area contributed by atoms with E-state index in [0.717, 1.165) is 93.4 Å². The number of carbonyl (C=O) groups excluding carboxylic acids is 2. The standard InChI is InChI=1S/C37H45N5O5/c1-26-7-6-10-32(38-26)36(43)39-34-21-30-23-42(40-33(30)22-35(34)45-2)31-13-11-29(12-14-31)24-46-20-17-27-15-18-41(19-16-27)37(44)47-25-28-8-4-3-5-9-28/h3-10,21-23,27,29,31H,11-20,24-25H2,1-2H3,(H,39,43)/t29-,31-. The van der Waals surface area contributed by atoms with Gasteiger partial charge in [-0.15, -0.1) is 0 Å². The van der Waals surface area contributed by atoms with Gasteiger partial charge in [0.25, 0.3) is 5.91 Å². The summed E-state index contributed by atoms with van der Waals surface area (Å²) < 4.78 is 19.3. The zero-order chi connectivity index (χ0) is 32.6. The number of amides is 2. The van der Waals surface area contributed by atoms with Crippen LogP contribution in [0.25, 0.3) is 10.9 Å². The van der Waals surface area contributed by atoms with Crippen molar-refractivity contribution in [1.82, 2.24) is 19.7 Å². The molecule has 1 saturated carbocycles. The number of aryl methyl sites for hydroxylation is 1. The number of piperidine rings is 1. The first-order chi connectivity index (χ1) is 22.9. The number of likely N-dealkylation sites (tertiary alicyclic amines) is 1. The Hall–Kier alpha value is -4.44. The number of hydrogen-bond acceptors (Lipinski definition) is 7. The highest BCUT2D eigenvalue weighted by Gasteiger charge is 2.26. The molecule has 0 bridgehead atoms. The van der Waals surface area contributed by atoms with Crippen molar-refractivity contribution in [1.29, 1.82) is 0 Å². The van der Waals surface area contributed by atoms with Gasteiger partial charge < -0.3 is 24.4 Å². The Morgan fingerprint density at radius 2 is 1.72 bits per heavy atom. The van der Waals surface area contributed by atoms with E-state index in [1.807, 2.05) is 66.4 Å². The SMILES string of the molecule is COc1cc2nn([C@H]3CC[C@H](COCCC4CCN(C(=O)OCc5ccccc5)CC4)CC3)cc2cc1NC(=O)c1cccc(C)n1. The molecule has 2 aliphatic rings. The van der Waals surface area contributed by atoms with Gasteiger partial charge in [-0.25, -0.2) is 9.78 Å². The number of hydrogen-bond donors (Lipinski definition) is 1. The number of methoxy groups -OCH3 is 1. The summed E-state index contributed by atoms with van der Waals surface area (Å²) in [7, 11) is 1.59. The lowest BCUT2D eigenvalue weighted by Crippen LogP contribution is -2.39. The molecule has 47 heavy (non-hydrogen) atoms. The third-order valence-corrected chi connectivity index (χ3v) is 9.50. The molecule has 10 nitrogen and oxygen atoms in total. The van der Waals surface area contributed by atoms with Crippen LogP contribution in [0, 0.1) is 18.8 Å². The number of benzene rings is 2. The summed E-state index contributed by atoms with van der Waals surface area (Å²) in [6, 6.07) is 19.3. The third kappa shape index (κ3) is 8.48. The second kappa shape index (κ2) is 15.4. The van der Waals surface area contributed by atoms with Crippen molar-refractivity contribution in [2.75, 3.05) is 38.7 Å². The second-order valence-electron chi connectivity index (χ2n) is 12.8. The maximum absolute atomic E-state index is 12.8. The molecule has 6 rings (SSSR count). The van der Waals surface area contributed by atoms with Gasteiger partial charge in [0.1, 0.15) is 18.1 Å². The molecule has 2 aromatic heterocycles. The number of aromatic nitrogens is 3. The maximum Gasteiger partial charge on any atom is 0.410 e. The number of nitrogens with zero attached hydrogens (tertiary/aromatic N) is 4. The number of anilines is 1. The predicted molar refractivity (Wildman–Crippen MR) is 181 cm³/mol. The van der Waals surface area contributed by atoms with Crippen LogP contribution in [0.3, 0.4) is 0 Å². The van der Waals surface area contributed by atoms with Crippen LogP contribution < -0.4 is 10.1 Å². The molecule has 0 radical (unpaired) electrons. The van der Waals surface area contributed by atoms with Crippen LogP contribution in [-0.4, -0.2) is 65.1 Å². The molecule has 1 aliphatic carbocycles. The summed E-state index contributed by atoms with van der Waals surface area (Å²) in [5, 5.41) is 8.79. The van der Waals surface area contributed by atoms with Crippen LogP contribution in [0.5, 0.6) is 5.75 Å². The van der Waals surface area contributed by atoms with Crippen molar-refractivity contribution in [3.8, 4) is 5.75 Å². The molecule has 1 saturated heterocycles. The molecule has 0 unspecified atom stereocenters. The number of ether oxygens (including phenoxy) is 3. The van der Waals surface area contributed by atoms with Gasteiger partial charge in [0.2, 0.25) is 0 Å². The Labute approximate surface area is 276 Å². The Morgan fingerprint density at radius 1 is 0.936 bits per heavy atom. The number of fused-ring (bicyclic) bond motifs is 1. The lowest BCUT2D eigenvalue weighted by Gasteiger charge is -2.31. The molecule has 2 aromatic carbocycles. The van der Waals surface area contributed by atoms with Crippen molar-refractivity contribution in [2.24, 2.45) is 11.8 Å². The number of nitrogens with one attached hydrogen (secondary N) is 1. The Morgan fingerprint density at radius 3 is 2.47 bits per heavy atom. The van der Waals surface area contributed by atoms with Crippen molar-refractivity contribution in [3.63, 3.8) is 0 Å². The van der Waals surface area contributed by atoms with Crippen molar-refractivity contribution in [2.45, 2.75) is 64.5 Å². The highest BCUT2D eigenvalue weighted by atomic mass is 16.6. The summed E-state index contributed by atoms with van der Waals surface area (Å²) in [6.45, 7) is 5.25. The molecule has 2 fully saturated rings. The highest BCUT2D eigenvalue weighted by Crippen LogP contribution is 2.35. The van der Waals surface area contributed by atoms with Crippen molar-refractivity contribution >= 4 is 28.6 Å². The minimum atomic E-state index is -0.276. The molecule has 3 heterocycles. The van der Waals surface area contributed by atoms with Gasteiger partial charge in [0.05, 0.1) is 24.4 Å². The normalized spacial score (nSPS) is 18.6. The molecule has 0 atom stereocenters. The van der Waals surface area contributed by atoms with E-state index in [9.17, 15) is 9.59 Å². The van der Waals surface area contributed by atoms with E-state index < -0.39 is 0 Å². The fourth-order valence-corrected chi connectivity index (χ4v) is 6.67. The van der Waals surface area contributed by atoms with Crippen LogP contribution in [0.4, 0.5) is 10.5 Å². The number of carbonyl (C=O) groups is 2. The monoisotopic (exact) mass is 639 g/mol. The Bertz CT molecular complexity index is 1640. The fourth-order valence-electron chi connectivity index (χ4n) is 6.67. The largest absolute Gasteiger partial charge is 0.494 e. The molecule has 248 valence electrons. The number of rotatable bonds is 11. The first-order valence-corrected chi connectivity index (χ1v) is 16.8. The predicted octanol–water partition coefficient (Wildman–Crippen LogP) is 7.19. The lowest BCUT2D eigenvalue weighted by molar-refractivity contribution is 0.0561. The molecule has 10 heteroatoms. The highest BCUT2D eigenvalue weighted by molar-refractivity contribution is 6.05. The average molecular weight is 640 g/mol. The third-order valence-electron chi connectivity index (χ3n) is 9.50. The van der Waals surface area contributed by atoms with Crippen molar-refractivity contribution < 1.29 is 23.8 Å². The van der Waals surface area contributed by atoms with E-state index in [2.05, 4.69) is 21.2 Å². The molecule has 1 N–H and O–H groups in total. The summed E-state index contributed by atoms with van der Waals surface area (Å²) in [5.41, 5.74) is 3.60. The maximum atomic E-state index is 12.8. The fraction of sp³-hybridized carbons (Fsp3) is 0.459. The van der Waals surface area contributed by atoms with Crippen molar-refractivity contribution in [3.05, 3.63) is 83.8 Å². The van der Waals surface area contributed by atoms with E-state index in [4.69, 9.17) is 19.3 Å². The van der Waals surface area contributed by atoms with E-state index in [-0.39, 0.29) is 12.0 Å². The minimum Gasteiger partial charge on any atom is -0.494 e. The quantitative estimate of drug-likeness (QED) is 0.173. The summed E-state index contributed by atoms with van der Waals surface area (Å²) in [4.78, 5) is 31.5. The van der Waals surface area contributed by atoms with Crippen LogP contribution in [0.1, 0.15) is 72.7 Å². The lowest BCUT2D eigenvalue weighted by atomic mass is 9.86. The zero-order valence-corrected chi connectivity index (χ0v) is 27.4. The van der Waals surface area contributed by atoms with E-state index in [1.165, 1.54) is 0 Å². The van der Waals surface area contributed by atoms with Gasteiger partial charge in [-0.1, -0.05) is 36.4 Å². The summed E-state index contributed by atoms with van der Waals surface area (Å²) >= 11 is 0. The first kappa shape index (κ1) is 32.5. The average Bonchev–Trinajstić information content (AvgIpc) is 3.52. The van der Waals surface area contributed by atoms with Gasteiger partial charge in [-0.3, -0.25) is 9.48 Å². The molecule has 4 aromatic rings. The molecular weight excluding hydrogens is 594 g/mol. The van der Waals surface area contributed by atoms with Crippen LogP contribution >= 0.6 is 0 Å². The van der Waals surface area contributed by atoms with Gasteiger partial charge >= 0.3 is 6.09 Å². The van der Waals surface area contributed by atoms with Crippen LogP contribution in [0.15, 0.2) is 66.9 Å². The van der Waals surface area contributed by atoms with Crippen LogP contribution in [0.2, 0.25) is 0 Å². The van der Waals surface area contributed by atoms with E-state index in [1.54, 1.807) is 13.2 Å². The zero-order valence-electron chi connectivity index (χ0n) is 27.4. The minimum absolute atomic E-state index is 0.216. The van der Waals surface area contributed by atoms with E-state index >= 15 is 0 Å². The summed E-state index contributed by atoms with van der Waals surface area (Å²) in [6.07, 6.45) is 9.22. The number of pyridine rings is 1. The Balaban J connectivity index is 0.908. The molecule has 1 aliphatic heterocycles. The van der Waals surface area contributed by atoms with Gasteiger partial charge in [-0.2, -0.15) is 5.10 Å². The topological polar surface area (TPSA) is 108 Å². The van der Waals surface area contributed by atoms with Gasteiger partial charge in [0, 0.05) is 49.6 Å². The van der Waals surface area contributed by atoms with Gasteiger partial charge in [0.15, 0.2) is 0 Å². The first-order valence-electron chi connectivity index (χ1n) is 16.8. The van der Waals surface area contributed by atoms with E-state index in [0.29, 0.717) is 41.6 Å². The molecular formula is C37H45N5O5. The summed E-state index contributed by atoms with van der Waals surface area (Å²) in [5.74, 6) is 1.44. The van der Waals surface area contributed by atoms with Gasteiger partial charge in [-0.05, 0) is 87.5 Å². The smallest absolute Gasteiger partial charge is 0.410 e. The van der Waals surface area contributed by atoms with Crippen LogP contribution in [-0.2, 0) is 16.1 Å². The Kier molecular flexibility index (Phi) is 10.7. The molecule has 0 spiro atoms. The second-order valence-corrected chi connectivity index (χ2v) is 12.8.